The maximum atomic E-state index is 13.4. The molecule has 108 valence electrons. The lowest BCUT2D eigenvalue weighted by Crippen LogP contribution is -2.03. The Kier molecular flexibility index (Phi) is 3.16. The number of hydrogen-bond acceptors (Lipinski definition) is 2. The quantitative estimate of drug-likeness (QED) is 0.755. The first-order valence-corrected chi connectivity index (χ1v) is 6.95. The van der Waals surface area contributed by atoms with Crippen molar-refractivity contribution in [1.82, 2.24) is 9.55 Å². The standard InChI is InChI=1S/C17H17FN2O/c1-10(2)20-15-8-7-12(18)9-14(15)19-17(20)13-5-4-6-16(21)11(13)3/h4-10,21H,1-3H3. The van der Waals surface area contributed by atoms with Crippen molar-refractivity contribution in [2.45, 2.75) is 26.8 Å². The van der Waals surface area contributed by atoms with E-state index in [-0.39, 0.29) is 17.6 Å². The second-order valence-corrected chi connectivity index (χ2v) is 5.48. The number of phenolic OH excluding ortho intramolecular Hbond substituents is 1. The van der Waals surface area contributed by atoms with Crippen LogP contribution in [-0.4, -0.2) is 14.7 Å². The van der Waals surface area contributed by atoms with Crippen LogP contribution in [0.4, 0.5) is 4.39 Å². The number of halogens is 1. The van der Waals surface area contributed by atoms with Gasteiger partial charge in [0.05, 0.1) is 11.0 Å². The fourth-order valence-corrected chi connectivity index (χ4v) is 2.65. The van der Waals surface area contributed by atoms with E-state index in [1.54, 1.807) is 18.2 Å². The van der Waals surface area contributed by atoms with Crippen molar-refractivity contribution in [3.8, 4) is 17.1 Å². The summed E-state index contributed by atoms with van der Waals surface area (Å²) >= 11 is 0. The fraction of sp³-hybridized carbons (Fsp3) is 0.235. The zero-order valence-electron chi connectivity index (χ0n) is 12.3. The normalized spacial score (nSPS) is 11.5. The Morgan fingerprint density at radius 1 is 1.19 bits per heavy atom. The van der Waals surface area contributed by atoms with Crippen molar-refractivity contribution >= 4 is 11.0 Å². The molecule has 2 aromatic carbocycles. The van der Waals surface area contributed by atoms with Gasteiger partial charge < -0.3 is 9.67 Å². The van der Waals surface area contributed by atoms with Crippen molar-refractivity contribution in [2.24, 2.45) is 0 Å². The lowest BCUT2D eigenvalue weighted by Gasteiger charge is -2.14. The molecule has 0 fully saturated rings. The van der Waals surface area contributed by atoms with Crippen LogP contribution >= 0.6 is 0 Å². The van der Waals surface area contributed by atoms with Crippen molar-refractivity contribution in [3.63, 3.8) is 0 Å². The van der Waals surface area contributed by atoms with Crippen LogP contribution in [0.25, 0.3) is 22.4 Å². The summed E-state index contributed by atoms with van der Waals surface area (Å²) in [7, 11) is 0. The number of nitrogens with zero attached hydrogens (tertiary/aromatic N) is 2. The van der Waals surface area contributed by atoms with Gasteiger partial charge in [0.2, 0.25) is 0 Å². The largest absolute Gasteiger partial charge is 0.508 e. The molecule has 0 aliphatic heterocycles. The second kappa shape index (κ2) is 4.88. The number of phenols is 1. The van der Waals surface area contributed by atoms with Crippen molar-refractivity contribution < 1.29 is 9.50 Å². The first kappa shape index (κ1) is 13.6. The van der Waals surface area contributed by atoms with Gasteiger partial charge in [-0.1, -0.05) is 12.1 Å². The van der Waals surface area contributed by atoms with Gasteiger partial charge in [0.1, 0.15) is 17.4 Å². The third-order valence-corrected chi connectivity index (χ3v) is 3.71. The Balaban J connectivity index is 2.36. The van der Waals surface area contributed by atoms with Crippen molar-refractivity contribution in [1.29, 1.82) is 0 Å². The molecule has 3 rings (SSSR count). The van der Waals surface area contributed by atoms with E-state index >= 15 is 0 Å². The van der Waals surface area contributed by atoms with Crippen LogP contribution in [0.3, 0.4) is 0 Å². The van der Waals surface area contributed by atoms with Gasteiger partial charge in [0.25, 0.3) is 0 Å². The molecule has 0 saturated carbocycles. The molecule has 0 atom stereocenters. The summed E-state index contributed by atoms with van der Waals surface area (Å²) in [6.45, 7) is 5.98. The van der Waals surface area contributed by atoms with Crippen LogP contribution in [0.1, 0.15) is 25.5 Å². The summed E-state index contributed by atoms with van der Waals surface area (Å²) in [5, 5.41) is 9.91. The molecule has 21 heavy (non-hydrogen) atoms. The molecule has 0 aliphatic carbocycles. The number of hydrogen-bond donors (Lipinski definition) is 1. The summed E-state index contributed by atoms with van der Waals surface area (Å²) < 4.78 is 15.5. The number of rotatable bonds is 2. The fourth-order valence-electron chi connectivity index (χ4n) is 2.65. The minimum Gasteiger partial charge on any atom is -0.508 e. The monoisotopic (exact) mass is 284 g/mol. The molecule has 3 aromatic rings. The van der Waals surface area contributed by atoms with E-state index in [4.69, 9.17) is 0 Å². The first-order valence-electron chi connectivity index (χ1n) is 6.95. The van der Waals surface area contributed by atoms with Gasteiger partial charge in [-0.25, -0.2) is 9.37 Å². The third-order valence-electron chi connectivity index (χ3n) is 3.71. The van der Waals surface area contributed by atoms with Crippen LogP contribution in [-0.2, 0) is 0 Å². The van der Waals surface area contributed by atoms with E-state index < -0.39 is 0 Å². The number of fused-ring (bicyclic) bond motifs is 1. The average molecular weight is 284 g/mol. The van der Waals surface area contributed by atoms with Crippen molar-refractivity contribution in [3.05, 3.63) is 47.8 Å². The Hall–Kier alpha value is -2.36. The maximum Gasteiger partial charge on any atom is 0.141 e. The van der Waals surface area contributed by atoms with Crippen LogP contribution in [0.2, 0.25) is 0 Å². The van der Waals surface area contributed by atoms with E-state index in [0.29, 0.717) is 5.52 Å². The Bertz CT molecular complexity index is 821. The zero-order chi connectivity index (χ0) is 15.1. The van der Waals surface area contributed by atoms with Crippen LogP contribution in [0.15, 0.2) is 36.4 Å². The molecule has 0 bridgehead atoms. The highest BCUT2D eigenvalue weighted by atomic mass is 19.1. The molecule has 1 heterocycles. The lowest BCUT2D eigenvalue weighted by atomic mass is 10.1. The molecule has 0 amide bonds. The number of benzene rings is 2. The number of aromatic nitrogens is 2. The Labute approximate surface area is 122 Å². The molecule has 0 unspecified atom stereocenters. The van der Waals surface area contributed by atoms with Crippen LogP contribution in [0, 0.1) is 12.7 Å². The molecule has 0 radical (unpaired) electrons. The van der Waals surface area contributed by atoms with Gasteiger partial charge in [-0.2, -0.15) is 0 Å². The highest BCUT2D eigenvalue weighted by molar-refractivity contribution is 5.82. The molecule has 4 heteroatoms. The minimum absolute atomic E-state index is 0.178. The smallest absolute Gasteiger partial charge is 0.141 e. The van der Waals surface area contributed by atoms with Crippen molar-refractivity contribution in [2.75, 3.05) is 0 Å². The topological polar surface area (TPSA) is 38.1 Å². The predicted molar refractivity (Wildman–Crippen MR) is 81.9 cm³/mol. The van der Waals surface area contributed by atoms with Gasteiger partial charge in [-0.15, -0.1) is 0 Å². The highest BCUT2D eigenvalue weighted by Gasteiger charge is 2.17. The maximum absolute atomic E-state index is 13.4. The van der Waals surface area contributed by atoms with Gasteiger partial charge >= 0.3 is 0 Å². The molecule has 1 aromatic heterocycles. The second-order valence-electron chi connectivity index (χ2n) is 5.48. The number of aromatic hydroxyl groups is 1. The van der Waals surface area contributed by atoms with Gasteiger partial charge in [-0.3, -0.25) is 0 Å². The van der Waals surface area contributed by atoms with Crippen LogP contribution < -0.4 is 0 Å². The van der Waals surface area contributed by atoms with E-state index in [1.807, 2.05) is 13.0 Å². The average Bonchev–Trinajstić information content (AvgIpc) is 2.80. The van der Waals surface area contributed by atoms with Crippen LogP contribution in [0.5, 0.6) is 5.75 Å². The minimum atomic E-state index is -0.296. The Morgan fingerprint density at radius 2 is 1.95 bits per heavy atom. The molecule has 1 N–H and O–H groups in total. The van der Waals surface area contributed by atoms with E-state index in [2.05, 4.69) is 23.4 Å². The summed E-state index contributed by atoms with van der Waals surface area (Å²) in [5.74, 6) is 0.690. The SMILES string of the molecule is Cc1c(O)cccc1-c1nc2cc(F)ccc2n1C(C)C. The van der Waals surface area contributed by atoms with E-state index in [1.165, 1.54) is 12.1 Å². The molecular weight excluding hydrogens is 267 g/mol. The summed E-state index contributed by atoms with van der Waals surface area (Å²) in [5.41, 5.74) is 3.15. The van der Waals surface area contributed by atoms with Gasteiger partial charge in [-0.05, 0) is 39.0 Å². The molecule has 0 aliphatic rings. The summed E-state index contributed by atoms with van der Waals surface area (Å²) in [6, 6.07) is 10.2. The summed E-state index contributed by atoms with van der Waals surface area (Å²) in [4.78, 5) is 4.58. The van der Waals surface area contributed by atoms with E-state index in [9.17, 15) is 9.50 Å². The molecule has 0 spiro atoms. The number of imidazole rings is 1. The molecule has 3 nitrogen and oxygen atoms in total. The first-order chi connectivity index (χ1) is 9.99. The molecular formula is C17H17FN2O. The van der Waals surface area contributed by atoms with E-state index in [0.717, 1.165) is 22.5 Å². The Morgan fingerprint density at radius 3 is 2.67 bits per heavy atom. The third kappa shape index (κ3) is 2.17. The predicted octanol–water partition coefficient (Wildman–Crippen LogP) is 4.44. The van der Waals surface area contributed by atoms with Gasteiger partial charge in [0.15, 0.2) is 0 Å². The summed E-state index contributed by atoms with van der Waals surface area (Å²) in [6.07, 6.45) is 0. The van der Waals surface area contributed by atoms with Gasteiger partial charge in [0, 0.05) is 23.2 Å². The lowest BCUT2D eigenvalue weighted by molar-refractivity contribution is 0.471. The molecule has 0 saturated heterocycles. The zero-order valence-corrected chi connectivity index (χ0v) is 12.3. The highest BCUT2D eigenvalue weighted by Crippen LogP contribution is 2.33.